The molecule has 3 rings (SSSR count). The molecule has 1 amide bonds. The van der Waals surface area contributed by atoms with Crippen molar-refractivity contribution in [1.29, 1.82) is 0 Å². The van der Waals surface area contributed by atoms with Gasteiger partial charge in [0, 0.05) is 8.95 Å². The van der Waals surface area contributed by atoms with Crippen molar-refractivity contribution < 1.29 is 17.4 Å². The van der Waals surface area contributed by atoms with Crippen molar-refractivity contribution in [1.82, 2.24) is 5.32 Å². The average Bonchev–Trinajstić information content (AvgIpc) is 3.21. The molecule has 1 heterocycles. The van der Waals surface area contributed by atoms with Crippen molar-refractivity contribution in [3.63, 3.8) is 0 Å². The number of amidine groups is 1. The van der Waals surface area contributed by atoms with Gasteiger partial charge >= 0.3 is 10.1 Å². The Morgan fingerprint density at radius 2 is 1.76 bits per heavy atom. The van der Waals surface area contributed by atoms with Crippen LogP contribution in [-0.4, -0.2) is 31.0 Å². The number of halogens is 2. The molecule has 2 aromatic rings. The molecule has 1 aliphatic heterocycles. The number of hydrogen-bond donors (Lipinski definition) is 1. The summed E-state index contributed by atoms with van der Waals surface area (Å²) in [5.41, 5.74) is 0.607. The molecular formula is C26H31Br2N3O4S2. The van der Waals surface area contributed by atoms with E-state index in [2.05, 4.69) is 54.3 Å². The molecule has 1 aliphatic rings. The molecule has 11 heteroatoms. The van der Waals surface area contributed by atoms with Crippen LogP contribution in [0.2, 0.25) is 0 Å². The Morgan fingerprint density at radius 1 is 1.03 bits per heavy atom. The van der Waals surface area contributed by atoms with Crippen molar-refractivity contribution in [3.05, 3.63) is 57.0 Å². The van der Waals surface area contributed by atoms with Gasteiger partial charge in [-0.3, -0.25) is 4.79 Å². The molecule has 37 heavy (non-hydrogen) atoms. The van der Waals surface area contributed by atoms with Crippen molar-refractivity contribution >= 4 is 71.0 Å². The van der Waals surface area contributed by atoms with Crippen LogP contribution in [0.25, 0.3) is 0 Å². The number of carbonyl (C=O) groups excluding carboxylic acids is 1. The Hall–Kier alpha value is -1.69. The van der Waals surface area contributed by atoms with E-state index in [0.29, 0.717) is 19.7 Å². The standard InChI is InChI=1S/C26H31Br2N3O4S2/c1-2-3-4-5-6-7-8-9-13-23-25(32)30-26(36-23)31-29-18-19-11-10-12-21(16-19)35-37(33,34)24-17-20(27)14-15-22(24)28/h10-12,14-18,23H,2-9,13H2,1H3,(H,30,31,32)/b29-18+. The summed E-state index contributed by atoms with van der Waals surface area (Å²) in [4.78, 5) is 12.3. The lowest BCUT2D eigenvalue weighted by Crippen LogP contribution is -2.24. The van der Waals surface area contributed by atoms with Gasteiger partial charge in [0.2, 0.25) is 5.91 Å². The average molecular weight is 673 g/mol. The molecule has 0 radical (unpaired) electrons. The number of benzene rings is 2. The molecule has 0 saturated carbocycles. The lowest BCUT2D eigenvalue weighted by Gasteiger charge is -2.09. The first-order chi connectivity index (χ1) is 17.8. The maximum Gasteiger partial charge on any atom is 0.340 e. The number of hydrogen-bond acceptors (Lipinski definition) is 7. The van der Waals surface area contributed by atoms with Gasteiger partial charge < -0.3 is 9.50 Å². The molecule has 0 spiro atoms. The second-order valence-electron chi connectivity index (χ2n) is 8.69. The Labute approximate surface area is 240 Å². The highest BCUT2D eigenvalue weighted by Gasteiger charge is 2.29. The van der Waals surface area contributed by atoms with Gasteiger partial charge in [0.1, 0.15) is 10.6 Å². The minimum absolute atomic E-state index is 0.0165. The third-order valence-corrected chi connectivity index (χ3v) is 9.56. The third-order valence-electron chi connectivity index (χ3n) is 5.68. The smallest absolute Gasteiger partial charge is 0.340 e. The first kappa shape index (κ1) is 29.9. The van der Waals surface area contributed by atoms with Gasteiger partial charge in [0.05, 0.1) is 11.5 Å². The van der Waals surface area contributed by atoms with E-state index in [4.69, 9.17) is 4.18 Å². The summed E-state index contributed by atoms with van der Waals surface area (Å²) in [6.45, 7) is 2.22. The van der Waals surface area contributed by atoms with Crippen LogP contribution >= 0.6 is 43.6 Å². The number of thioether (sulfide) groups is 1. The molecule has 200 valence electrons. The van der Waals surface area contributed by atoms with Gasteiger partial charge in [-0.05, 0) is 58.2 Å². The second-order valence-corrected chi connectivity index (χ2v) is 13.2. The number of nitrogens with zero attached hydrogens (tertiary/aromatic N) is 2. The van der Waals surface area contributed by atoms with E-state index in [0.717, 1.165) is 19.3 Å². The molecule has 1 N–H and O–H groups in total. The van der Waals surface area contributed by atoms with Crippen LogP contribution in [-0.2, 0) is 14.9 Å². The van der Waals surface area contributed by atoms with Gasteiger partial charge in [0.15, 0.2) is 5.17 Å². The van der Waals surface area contributed by atoms with Crippen molar-refractivity contribution in [3.8, 4) is 5.75 Å². The molecule has 1 saturated heterocycles. The summed E-state index contributed by atoms with van der Waals surface area (Å²) in [6, 6.07) is 11.4. The van der Waals surface area contributed by atoms with Gasteiger partial charge in [-0.25, -0.2) is 0 Å². The normalized spacial score (nSPS) is 17.0. The lowest BCUT2D eigenvalue weighted by atomic mass is 10.1. The third kappa shape index (κ3) is 9.85. The Kier molecular flexibility index (Phi) is 12.1. The van der Waals surface area contributed by atoms with Crippen molar-refractivity contribution in [2.45, 2.75) is 74.9 Å². The topological polar surface area (TPSA) is 97.2 Å². The van der Waals surface area contributed by atoms with Crippen LogP contribution in [0, 0.1) is 0 Å². The second kappa shape index (κ2) is 15.0. The molecule has 0 aliphatic carbocycles. The lowest BCUT2D eigenvalue weighted by molar-refractivity contribution is -0.118. The summed E-state index contributed by atoms with van der Waals surface area (Å²) in [6.07, 6.45) is 12.2. The molecular weight excluding hydrogens is 642 g/mol. The Morgan fingerprint density at radius 3 is 2.51 bits per heavy atom. The number of unbranched alkanes of at least 4 members (excludes halogenated alkanes) is 7. The zero-order valence-corrected chi connectivity index (χ0v) is 25.5. The van der Waals surface area contributed by atoms with E-state index >= 15 is 0 Å². The zero-order valence-electron chi connectivity index (χ0n) is 20.7. The number of amides is 1. The quantitative estimate of drug-likeness (QED) is 0.0974. The summed E-state index contributed by atoms with van der Waals surface area (Å²) in [7, 11) is -4.05. The van der Waals surface area contributed by atoms with Gasteiger partial charge in [-0.15, -0.1) is 5.10 Å². The van der Waals surface area contributed by atoms with Crippen LogP contribution < -0.4 is 9.50 Å². The van der Waals surface area contributed by atoms with Crippen LogP contribution in [0.5, 0.6) is 5.75 Å². The highest BCUT2D eigenvalue weighted by molar-refractivity contribution is 9.11. The van der Waals surface area contributed by atoms with Crippen LogP contribution in [0.3, 0.4) is 0 Å². The van der Waals surface area contributed by atoms with Gasteiger partial charge in [-0.2, -0.15) is 13.5 Å². The van der Waals surface area contributed by atoms with Gasteiger partial charge in [-0.1, -0.05) is 98.1 Å². The summed E-state index contributed by atoms with van der Waals surface area (Å²) < 4.78 is 31.8. The molecule has 7 nitrogen and oxygen atoms in total. The molecule has 1 fully saturated rings. The summed E-state index contributed by atoms with van der Waals surface area (Å²) >= 11 is 7.93. The monoisotopic (exact) mass is 671 g/mol. The summed E-state index contributed by atoms with van der Waals surface area (Å²) in [5, 5.41) is 11.3. The predicted octanol–water partition coefficient (Wildman–Crippen LogP) is 7.43. The van der Waals surface area contributed by atoms with E-state index in [9.17, 15) is 13.2 Å². The van der Waals surface area contributed by atoms with Crippen molar-refractivity contribution in [2.24, 2.45) is 10.2 Å². The first-order valence-corrected chi connectivity index (χ1v) is 16.2. The fraction of sp³-hybridized carbons (Fsp3) is 0.423. The molecule has 0 bridgehead atoms. The molecule has 2 aromatic carbocycles. The highest BCUT2D eigenvalue weighted by atomic mass is 79.9. The number of nitrogens with one attached hydrogen (secondary N) is 1. The largest absolute Gasteiger partial charge is 0.379 e. The van der Waals surface area contributed by atoms with E-state index in [1.165, 1.54) is 62.6 Å². The van der Waals surface area contributed by atoms with E-state index in [-0.39, 0.29) is 21.8 Å². The van der Waals surface area contributed by atoms with E-state index < -0.39 is 10.1 Å². The van der Waals surface area contributed by atoms with E-state index in [1.54, 1.807) is 36.4 Å². The SMILES string of the molecule is CCCCCCCCCCC1S/C(=N\N=C\c2cccc(OS(=O)(=O)c3cc(Br)ccc3Br)c2)NC1=O. The van der Waals surface area contributed by atoms with Crippen molar-refractivity contribution in [2.75, 3.05) is 0 Å². The van der Waals surface area contributed by atoms with Gasteiger partial charge in [0.25, 0.3) is 0 Å². The number of carbonyl (C=O) groups is 1. The fourth-order valence-corrected chi connectivity index (χ4v) is 7.09. The summed E-state index contributed by atoms with van der Waals surface area (Å²) in [5.74, 6) is 0.124. The van der Waals surface area contributed by atoms with Crippen LogP contribution in [0.4, 0.5) is 0 Å². The molecule has 1 unspecified atom stereocenters. The highest BCUT2D eigenvalue weighted by Crippen LogP contribution is 2.29. The minimum Gasteiger partial charge on any atom is -0.379 e. The number of rotatable bonds is 14. The minimum atomic E-state index is -4.05. The predicted molar refractivity (Wildman–Crippen MR) is 158 cm³/mol. The molecule has 1 atom stereocenters. The Bertz CT molecular complexity index is 1240. The zero-order chi connectivity index (χ0) is 26.7. The van der Waals surface area contributed by atoms with Crippen LogP contribution in [0.15, 0.2) is 66.5 Å². The maximum atomic E-state index is 12.7. The molecule has 0 aromatic heterocycles. The Balaban J connectivity index is 1.50. The van der Waals surface area contributed by atoms with Crippen LogP contribution in [0.1, 0.15) is 70.3 Å². The fourth-order valence-electron chi connectivity index (χ4n) is 3.74. The maximum absolute atomic E-state index is 12.7. The van der Waals surface area contributed by atoms with E-state index in [1.807, 2.05) is 0 Å². The first-order valence-electron chi connectivity index (χ1n) is 12.4.